The maximum atomic E-state index is 3.67. The molecule has 0 spiro atoms. The monoisotopic (exact) mass is 125 g/mol. The minimum absolute atomic E-state index is 0.758. The molecule has 1 N–H and O–H groups in total. The van der Waals surface area contributed by atoms with E-state index in [0.29, 0.717) is 0 Å². The SMILES string of the molecule is [c]1n[nH]sc2nnc1=2. The van der Waals surface area contributed by atoms with Crippen molar-refractivity contribution in [1.29, 1.82) is 0 Å². The molecule has 0 fully saturated rings. The van der Waals surface area contributed by atoms with Gasteiger partial charge in [0.1, 0.15) is 6.20 Å². The highest BCUT2D eigenvalue weighted by atomic mass is 32.1. The van der Waals surface area contributed by atoms with Crippen LogP contribution in [-0.2, 0) is 0 Å². The van der Waals surface area contributed by atoms with E-state index < -0.39 is 0 Å². The Kier molecular flexibility index (Phi) is 0.621. The van der Waals surface area contributed by atoms with Crippen molar-refractivity contribution in [1.82, 2.24) is 19.8 Å². The van der Waals surface area contributed by atoms with Gasteiger partial charge in [0.2, 0.25) is 0 Å². The summed E-state index contributed by atoms with van der Waals surface area (Å²) >= 11 is 1.35. The molecule has 5 heteroatoms. The Morgan fingerprint density at radius 2 is 2.50 bits per heavy atom. The summed E-state index contributed by atoms with van der Waals surface area (Å²) in [6.45, 7) is 0. The van der Waals surface area contributed by atoms with Crippen molar-refractivity contribution in [2.75, 3.05) is 0 Å². The molecule has 0 saturated carbocycles. The largest absolute Gasteiger partial charge is 0.230 e. The number of nitrogens with one attached hydrogen (secondary N) is 1. The maximum Gasteiger partial charge on any atom is 0.186 e. The van der Waals surface area contributed by atoms with Crippen LogP contribution in [0.1, 0.15) is 0 Å². The molecule has 2 rings (SSSR count). The summed E-state index contributed by atoms with van der Waals surface area (Å²) in [5.74, 6) is 0. The molecule has 0 aliphatic carbocycles. The van der Waals surface area contributed by atoms with E-state index in [1.807, 2.05) is 0 Å². The molecule has 0 atom stereocenters. The van der Waals surface area contributed by atoms with Crippen LogP contribution in [0.4, 0.5) is 0 Å². The lowest BCUT2D eigenvalue weighted by Gasteiger charge is -1.86. The Morgan fingerprint density at radius 1 is 1.50 bits per heavy atom. The molecule has 2 heterocycles. The lowest BCUT2D eigenvalue weighted by molar-refractivity contribution is 0.879. The molecule has 0 aromatic carbocycles. The molecule has 0 amide bonds. The zero-order valence-electron chi connectivity index (χ0n) is 3.75. The van der Waals surface area contributed by atoms with Gasteiger partial charge in [-0.2, -0.15) is 5.10 Å². The summed E-state index contributed by atoms with van der Waals surface area (Å²) in [7, 11) is 0. The lowest BCUT2D eigenvalue weighted by atomic mass is 10.7. The third-order valence-corrected chi connectivity index (χ3v) is 1.44. The molecule has 8 heavy (non-hydrogen) atoms. The van der Waals surface area contributed by atoms with Crippen molar-refractivity contribution in [3.63, 3.8) is 0 Å². The van der Waals surface area contributed by atoms with Gasteiger partial charge >= 0.3 is 0 Å². The van der Waals surface area contributed by atoms with Crippen LogP contribution in [0.15, 0.2) is 0 Å². The second-order valence-electron chi connectivity index (χ2n) is 1.27. The number of rotatable bonds is 0. The minimum atomic E-state index is 0.758. The first-order chi connectivity index (χ1) is 3.97. The molecular formula is C3HN4S. The van der Waals surface area contributed by atoms with Gasteiger partial charge in [-0.15, -0.1) is 10.2 Å². The van der Waals surface area contributed by atoms with Gasteiger partial charge in [-0.25, -0.2) is 4.49 Å². The molecule has 2 aliphatic rings. The van der Waals surface area contributed by atoms with E-state index in [9.17, 15) is 0 Å². The van der Waals surface area contributed by atoms with Crippen LogP contribution in [0.25, 0.3) is 0 Å². The maximum absolute atomic E-state index is 3.67. The first-order valence-corrected chi connectivity index (χ1v) is 2.82. The zero-order chi connectivity index (χ0) is 5.40. The summed E-state index contributed by atoms with van der Waals surface area (Å²) in [5.41, 5.74) is 0. The molecule has 0 bridgehead atoms. The van der Waals surface area contributed by atoms with Crippen molar-refractivity contribution >= 4 is 11.5 Å². The van der Waals surface area contributed by atoms with Gasteiger partial charge in [0.15, 0.2) is 10.0 Å². The van der Waals surface area contributed by atoms with Gasteiger partial charge in [0.05, 0.1) is 0 Å². The quantitative estimate of drug-likeness (QED) is 0.530. The average molecular weight is 125 g/mol. The molecule has 4 nitrogen and oxygen atoms in total. The summed E-state index contributed by atoms with van der Waals surface area (Å²) in [6, 6.07) is 0. The van der Waals surface area contributed by atoms with E-state index in [1.165, 1.54) is 11.5 Å². The summed E-state index contributed by atoms with van der Waals surface area (Å²) in [4.78, 5) is 0. The number of aromatic amines is 1. The van der Waals surface area contributed by atoms with Crippen molar-refractivity contribution < 1.29 is 0 Å². The highest BCUT2D eigenvalue weighted by molar-refractivity contribution is 7.03. The third-order valence-electron chi connectivity index (χ3n) is 0.793. The Labute approximate surface area is 48.4 Å². The first kappa shape index (κ1) is 3.96. The third kappa shape index (κ3) is 0.362. The predicted octanol–water partition coefficient (Wildman–Crippen LogP) is -0.214. The van der Waals surface area contributed by atoms with Gasteiger partial charge in [0.25, 0.3) is 0 Å². The van der Waals surface area contributed by atoms with Crippen LogP contribution < -0.4 is 0 Å². The van der Waals surface area contributed by atoms with Crippen molar-refractivity contribution in [3.8, 4) is 0 Å². The van der Waals surface area contributed by atoms with Crippen molar-refractivity contribution in [2.45, 2.75) is 0 Å². The zero-order valence-corrected chi connectivity index (χ0v) is 4.57. The Morgan fingerprint density at radius 3 is 2.88 bits per heavy atom. The van der Waals surface area contributed by atoms with Gasteiger partial charge in [0, 0.05) is 0 Å². The van der Waals surface area contributed by atoms with Crippen molar-refractivity contribution in [3.05, 3.63) is 16.2 Å². The molecule has 0 unspecified atom stereocenters. The fourth-order valence-corrected chi connectivity index (χ4v) is 0.864. The van der Waals surface area contributed by atoms with E-state index in [2.05, 4.69) is 26.0 Å². The van der Waals surface area contributed by atoms with Gasteiger partial charge < -0.3 is 0 Å². The van der Waals surface area contributed by atoms with Gasteiger partial charge in [-0.1, -0.05) is 0 Å². The van der Waals surface area contributed by atoms with E-state index in [1.54, 1.807) is 0 Å². The predicted molar refractivity (Wildman–Crippen MR) is 26.2 cm³/mol. The second-order valence-corrected chi connectivity index (χ2v) is 2.04. The number of hydrogen-bond acceptors (Lipinski definition) is 4. The molecule has 0 aromatic heterocycles. The lowest BCUT2D eigenvalue weighted by Crippen LogP contribution is -1.94. The normalized spacial score (nSPS) is 10.5. The van der Waals surface area contributed by atoms with E-state index in [0.717, 1.165) is 10.0 Å². The summed E-state index contributed by atoms with van der Waals surface area (Å²) in [6.07, 6.45) is 2.63. The van der Waals surface area contributed by atoms with Crippen molar-refractivity contribution in [2.24, 2.45) is 0 Å². The number of nitrogens with zero attached hydrogens (tertiary/aromatic N) is 3. The molecule has 0 saturated heterocycles. The van der Waals surface area contributed by atoms with E-state index >= 15 is 0 Å². The highest BCUT2D eigenvalue weighted by Crippen LogP contribution is 1.92. The van der Waals surface area contributed by atoms with Crippen LogP contribution in [-0.4, -0.2) is 19.8 Å². The van der Waals surface area contributed by atoms with Crippen LogP contribution in [0.3, 0.4) is 0 Å². The molecular weight excluding hydrogens is 124 g/mol. The topological polar surface area (TPSA) is 54.5 Å². The standard InChI is InChI=1S/C3HN4S/c1-2-3(6-5-2)8-7-4-1/h7H. The summed E-state index contributed by atoms with van der Waals surface area (Å²) in [5, 5.41) is 11.7. The van der Waals surface area contributed by atoms with E-state index in [-0.39, 0.29) is 0 Å². The Hall–Kier alpha value is -0.970. The van der Waals surface area contributed by atoms with Crippen LogP contribution in [0, 0.1) is 16.2 Å². The average Bonchev–Trinajstić information content (AvgIpc) is 1.72. The van der Waals surface area contributed by atoms with E-state index in [4.69, 9.17) is 0 Å². The smallest absolute Gasteiger partial charge is 0.186 e. The molecule has 2 aliphatic heterocycles. The van der Waals surface area contributed by atoms with Gasteiger partial charge in [-0.3, -0.25) is 0 Å². The molecule has 39 valence electrons. The minimum Gasteiger partial charge on any atom is -0.230 e. The molecule has 1 radical (unpaired) electrons. The first-order valence-electron chi connectivity index (χ1n) is 2.00. The number of hydrogen-bond donors (Lipinski definition) is 1. The molecule has 0 aromatic rings. The number of H-pyrrole nitrogens is 1. The van der Waals surface area contributed by atoms with Crippen LogP contribution >= 0.6 is 11.5 Å². The van der Waals surface area contributed by atoms with Gasteiger partial charge in [-0.05, 0) is 11.5 Å². The highest BCUT2D eigenvalue weighted by Gasteiger charge is 1.92. The fourth-order valence-electron chi connectivity index (χ4n) is 0.422. The fraction of sp³-hybridized carbons (Fsp3) is 0. The van der Waals surface area contributed by atoms with Crippen LogP contribution in [0.5, 0.6) is 0 Å². The van der Waals surface area contributed by atoms with Crippen LogP contribution in [0.2, 0.25) is 0 Å². The second kappa shape index (κ2) is 1.25. The Balaban J connectivity index is 3.06. The Bertz CT molecular complexity index is 289. The number of aromatic nitrogens is 4. The summed E-state index contributed by atoms with van der Waals surface area (Å²) < 4.78 is 3.51.